The highest BCUT2D eigenvalue weighted by Crippen LogP contribution is 2.36. The molecule has 0 bridgehead atoms. The largest absolute Gasteiger partial charge is 0.481 e. The van der Waals surface area contributed by atoms with Crippen molar-refractivity contribution in [2.45, 2.75) is 78.1 Å². The molecule has 0 amide bonds. The van der Waals surface area contributed by atoms with Gasteiger partial charge in [0.1, 0.15) is 0 Å². The molecule has 0 unspecified atom stereocenters. The van der Waals surface area contributed by atoms with E-state index in [1.54, 1.807) is 11.6 Å². The molecule has 6 nitrogen and oxygen atoms in total. The van der Waals surface area contributed by atoms with Crippen LogP contribution < -0.4 is 9.80 Å². The second-order valence-electron chi connectivity index (χ2n) is 12.1. The Hall–Kier alpha value is -3.49. The number of rotatable bonds is 10. The maximum absolute atomic E-state index is 13.7. The van der Waals surface area contributed by atoms with Gasteiger partial charge in [0.05, 0.1) is 11.5 Å². The SMILES string of the molecule is CCN(CC1CCC(C(=O)O)CC1)c1cc2c(cc1CN(Cc1cc(C)cc(C(F)(F)F)c1)c1ccn(C)n1)CCC2. The molecule has 5 rings (SSSR count). The second-order valence-corrected chi connectivity index (χ2v) is 12.1. The van der Waals surface area contributed by atoms with Gasteiger partial charge in [-0.15, -0.1) is 0 Å². The zero-order valence-corrected chi connectivity index (χ0v) is 24.8. The Balaban J connectivity index is 1.46. The van der Waals surface area contributed by atoms with Crippen LogP contribution in [-0.2, 0) is 43.9 Å². The second kappa shape index (κ2) is 12.4. The van der Waals surface area contributed by atoms with Crippen molar-refractivity contribution >= 4 is 17.5 Å². The smallest absolute Gasteiger partial charge is 0.416 e. The third-order valence-electron chi connectivity index (χ3n) is 8.91. The Morgan fingerprint density at radius 3 is 2.36 bits per heavy atom. The van der Waals surface area contributed by atoms with Gasteiger partial charge in [-0.1, -0.05) is 17.7 Å². The summed E-state index contributed by atoms with van der Waals surface area (Å²) >= 11 is 0. The number of hydrogen-bond donors (Lipinski definition) is 1. The first-order valence-corrected chi connectivity index (χ1v) is 15.0. The lowest BCUT2D eigenvalue weighted by Gasteiger charge is -2.34. The highest BCUT2D eigenvalue weighted by atomic mass is 19.4. The molecule has 226 valence electrons. The van der Waals surface area contributed by atoms with Crippen LogP contribution in [0.25, 0.3) is 0 Å². The number of aromatic nitrogens is 2. The molecule has 9 heteroatoms. The van der Waals surface area contributed by atoms with E-state index >= 15 is 0 Å². The van der Waals surface area contributed by atoms with Gasteiger partial charge in [-0.25, -0.2) is 0 Å². The summed E-state index contributed by atoms with van der Waals surface area (Å²) in [6.07, 6.45) is 3.91. The summed E-state index contributed by atoms with van der Waals surface area (Å²) in [6.45, 7) is 6.35. The van der Waals surface area contributed by atoms with Crippen molar-refractivity contribution in [3.8, 4) is 0 Å². The molecule has 1 N–H and O–H groups in total. The van der Waals surface area contributed by atoms with Crippen molar-refractivity contribution in [2.24, 2.45) is 18.9 Å². The number of benzene rings is 2. The molecule has 3 aromatic rings. The maximum atomic E-state index is 13.7. The number of aliphatic carboxylic acids is 1. The van der Waals surface area contributed by atoms with E-state index in [0.717, 1.165) is 63.6 Å². The number of alkyl halides is 3. The van der Waals surface area contributed by atoms with Gasteiger partial charge in [0.2, 0.25) is 0 Å². The number of carboxylic acids is 1. The summed E-state index contributed by atoms with van der Waals surface area (Å²) in [7, 11) is 1.84. The number of hydrogen-bond acceptors (Lipinski definition) is 4. The van der Waals surface area contributed by atoms with Crippen LogP contribution in [0, 0.1) is 18.8 Å². The van der Waals surface area contributed by atoms with E-state index in [2.05, 4.69) is 34.0 Å². The average Bonchev–Trinajstić information content (AvgIpc) is 3.59. The Morgan fingerprint density at radius 2 is 1.74 bits per heavy atom. The molecule has 0 radical (unpaired) electrons. The molecule has 2 aliphatic rings. The number of nitrogens with zero attached hydrogens (tertiary/aromatic N) is 4. The van der Waals surface area contributed by atoms with Gasteiger partial charge in [0.25, 0.3) is 0 Å². The van der Waals surface area contributed by atoms with Crippen LogP contribution in [0.15, 0.2) is 42.6 Å². The number of anilines is 2. The molecule has 2 aliphatic carbocycles. The Morgan fingerprint density at radius 1 is 1.02 bits per heavy atom. The molecular weight excluding hydrogens is 541 g/mol. The number of carbonyl (C=O) groups is 1. The van der Waals surface area contributed by atoms with Crippen LogP contribution in [0.5, 0.6) is 0 Å². The summed E-state index contributed by atoms with van der Waals surface area (Å²) in [6, 6.07) is 10.8. The summed E-state index contributed by atoms with van der Waals surface area (Å²) in [5.74, 6) is 0.223. The molecule has 2 aromatic carbocycles. The third kappa shape index (κ3) is 6.93. The van der Waals surface area contributed by atoms with E-state index in [1.807, 2.05) is 25.4 Å². The zero-order valence-electron chi connectivity index (χ0n) is 24.8. The molecular formula is C33H41F3N4O2. The van der Waals surface area contributed by atoms with Gasteiger partial charge in [-0.3, -0.25) is 9.48 Å². The minimum atomic E-state index is -4.41. The fraction of sp³-hybridized carbons (Fsp3) is 0.515. The normalized spacial score (nSPS) is 18.6. The van der Waals surface area contributed by atoms with Crippen molar-refractivity contribution in [2.75, 3.05) is 22.9 Å². The number of carboxylic acid groups (broad SMARTS) is 1. The van der Waals surface area contributed by atoms with Crippen LogP contribution in [0.1, 0.15) is 72.4 Å². The lowest BCUT2D eigenvalue weighted by Crippen LogP contribution is -2.34. The van der Waals surface area contributed by atoms with Crippen LogP contribution in [0.4, 0.5) is 24.7 Å². The maximum Gasteiger partial charge on any atom is 0.416 e. The molecule has 1 fully saturated rings. The van der Waals surface area contributed by atoms with Crippen LogP contribution in [-0.4, -0.2) is 33.9 Å². The van der Waals surface area contributed by atoms with E-state index in [0.29, 0.717) is 36.0 Å². The van der Waals surface area contributed by atoms with Gasteiger partial charge in [0.15, 0.2) is 5.82 Å². The first-order chi connectivity index (χ1) is 20.0. The number of aryl methyl sites for hydroxylation is 4. The predicted molar refractivity (Wildman–Crippen MR) is 159 cm³/mol. The van der Waals surface area contributed by atoms with Gasteiger partial charge in [-0.2, -0.15) is 18.3 Å². The molecule has 0 aliphatic heterocycles. The molecule has 0 saturated heterocycles. The van der Waals surface area contributed by atoms with E-state index in [-0.39, 0.29) is 5.92 Å². The molecule has 0 spiro atoms. The van der Waals surface area contributed by atoms with Crippen LogP contribution >= 0.6 is 0 Å². The monoisotopic (exact) mass is 582 g/mol. The first kappa shape index (κ1) is 30.0. The van der Waals surface area contributed by atoms with E-state index < -0.39 is 17.7 Å². The minimum Gasteiger partial charge on any atom is -0.481 e. The van der Waals surface area contributed by atoms with E-state index in [4.69, 9.17) is 0 Å². The third-order valence-corrected chi connectivity index (χ3v) is 8.91. The molecule has 1 heterocycles. The van der Waals surface area contributed by atoms with Gasteiger partial charge in [-0.05, 0) is 105 Å². The Labute approximate surface area is 246 Å². The fourth-order valence-electron chi connectivity index (χ4n) is 6.72. The molecule has 42 heavy (non-hydrogen) atoms. The van der Waals surface area contributed by atoms with Crippen LogP contribution in [0.3, 0.4) is 0 Å². The topological polar surface area (TPSA) is 61.6 Å². The Bertz CT molecular complexity index is 1410. The highest BCUT2D eigenvalue weighted by Gasteiger charge is 2.31. The van der Waals surface area contributed by atoms with Gasteiger partial charge < -0.3 is 14.9 Å². The predicted octanol–water partition coefficient (Wildman–Crippen LogP) is 7.16. The molecule has 1 saturated carbocycles. The van der Waals surface area contributed by atoms with Crippen molar-refractivity contribution in [3.05, 3.63) is 76.0 Å². The van der Waals surface area contributed by atoms with Crippen LogP contribution in [0.2, 0.25) is 0 Å². The van der Waals surface area contributed by atoms with E-state index in [9.17, 15) is 23.1 Å². The fourth-order valence-corrected chi connectivity index (χ4v) is 6.72. The number of fused-ring (bicyclic) bond motifs is 1. The average molecular weight is 583 g/mol. The molecule has 0 atom stereocenters. The lowest BCUT2D eigenvalue weighted by molar-refractivity contribution is -0.143. The van der Waals surface area contributed by atoms with Crippen molar-refractivity contribution < 1.29 is 23.1 Å². The first-order valence-electron chi connectivity index (χ1n) is 15.0. The number of halogens is 3. The van der Waals surface area contributed by atoms with E-state index in [1.165, 1.54) is 28.9 Å². The highest BCUT2D eigenvalue weighted by molar-refractivity contribution is 5.70. The summed E-state index contributed by atoms with van der Waals surface area (Å²) < 4.78 is 42.7. The van der Waals surface area contributed by atoms with Gasteiger partial charge in [0, 0.05) is 51.2 Å². The van der Waals surface area contributed by atoms with Crippen molar-refractivity contribution in [3.63, 3.8) is 0 Å². The summed E-state index contributed by atoms with van der Waals surface area (Å²) in [4.78, 5) is 16.0. The van der Waals surface area contributed by atoms with Gasteiger partial charge >= 0.3 is 12.1 Å². The zero-order chi connectivity index (χ0) is 30.0. The summed E-state index contributed by atoms with van der Waals surface area (Å²) in [5.41, 5.74) is 5.58. The molecule has 1 aromatic heterocycles. The lowest BCUT2D eigenvalue weighted by atomic mass is 9.81. The standard InChI is InChI=1S/C33H41F3N4O2/c1-4-39(19-23-8-10-25(11-9-23)32(41)42)30-18-27-7-5-6-26(27)17-28(30)21-40(31-12-13-38(3)37-31)20-24-14-22(2)15-29(16-24)33(34,35)36/h12-18,23,25H,4-11,19-21H2,1-3H3,(H,41,42). The van der Waals surface area contributed by atoms with Crippen molar-refractivity contribution in [1.82, 2.24) is 9.78 Å². The van der Waals surface area contributed by atoms with Crippen molar-refractivity contribution in [1.29, 1.82) is 0 Å². The summed E-state index contributed by atoms with van der Waals surface area (Å²) in [5, 5.41) is 14.1. The Kier molecular flexibility index (Phi) is 8.85. The quantitative estimate of drug-likeness (QED) is 0.275. The minimum absolute atomic E-state index is 0.238.